The van der Waals surface area contributed by atoms with Crippen LogP contribution in [0.1, 0.15) is 24.1 Å². The molecule has 0 saturated carbocycles. The lowest BCUT2D eigenvalue weighted by Gasteiger charge is -2.25. The van der Waals surface area contributed by atoms with Crippen LogP contribution in [0.5, 0.6) is 0 Å². The van der Waals surface area contributed by atoms with Gasteiger partial charge in [-0.25, -0.2) is 17.5 Å². The van der Waals surface area contributed by atoms with Gasteiger partial charge in [-0.15, -0.1) is 0 Å². The first kappa shape index (κ1) is 20.4. The van der Waals surface area contributed by atoms with Gasteiger partial charge in [-0.05, 0) is 62.0 Å². The maximum atomic E-state index is 13.2. The third-order valence-electron chi connectivity index (χ3n) is 4.98. The average Bonchev–Trinajstić information content (AvgIpc) is 3.06. The predicted molar refractivity (Wildman–Crippen MR) is 106 cm³/mol. The van der Waals surface area contributed by atoms with Crippen LogP contribution in [0.3, 0.4) is 0 Å². The molecule has 0 aromatic heterocycles. The molecular formula is C20H24FN3O3S. The van der Waals surface area contributed by atoms with Crippen LogP contribution in [0.2, 0.25) is 0 Å². The van der Waals surface area contributed by atoms with E-state index in [1.165, 1.54) is 25.1 Å². The van der Waals surface area contributed by atoms with Crippen molar-refractivity contribution in [1.82, 2.24) is 9.62 Å². The number of amides is 1. The third kappa shape index (κ3) is 4.24. The zero-order valence-electron chi connectivity index (χ0n) is 16.1. The van der Waals surface area contributed by atoms with Crippen LogP contribution in [0.4, 0.5) is 10.1 Å². The van der Waals surface area contributed by atoms with Crippen molar-refractivity contribution < 1.29 is 17.6 Å². The van der Waals surface area contributed by atoms with Crippen LogP contribution < -0.4 is 9.62 Å². The Morgan fingerprint density at radius 1 is 1.21 bits per heavy atom. The van der Waals surface area contributed by atoms with E-state index in [4.69, 9.17) is 0 Å². The second-order valence-electron chi connectivity index (χ2n) is 7.09. The summed E-state index contributed by atoms with van der Waals surface area (Å²) in [6.45, 7) is 2.21. The molecule has 1 heterocycles. The minimum absolute atomic E-state index is 0.0550. The van der Waals surface area contributed by atoms with Crippen molar-refractivity contribution in [2.75, 3.05) is 32.1 Å². The maximum absolute atomic E-state index is 13.2. The van der Waals surface area contributed by atoms with Crippen LogP contribution in [0.25, 0.3) is 0 Å². The molecular weight excluding hydrogens is 381 g/mol. The number of rotatable bonds is 6. The lowest BCUT2D eigenvalue weighted by molar-refractivity contribution is -0.116. The van der Waals surface area contributed by atoms with E-state index in [-0.39, 0.29) is 29.2 Å². The summed E-state index contributed by atoms with van der Waals surface area (Å²) in [6, 6.07) is 10.6. The predicted octanol–water partition coefficient (Wildman–Crippen LogP) is 2.32. The van der Waals surface area contributed by atoms with Gasteiger partial charge in [0.05, 0.1) is 4.90 Å². The summed E-state index contributed by atoms with van der Waals surface area (Å²) >= 11 is 0. The highest BCUT2D eigenvalue weighted by Gasteiger charge is 2.25. The average molecular weight is 405 g/mol. The fraction of sp³-hybridized carbons (Fsp3) is 0.350. The Kier molecular flexibility index (Phi) is 5.83. The molecule has 1 aliphatic heterocycles. The van der Waals surface area contributed by atoms with Crippen LogP contribution in [-0.2, 0) is 21.2 Å². The molecule has 28 heavy (non-hydrogen) atoms. The van der Waals surface area contributed by atoms with E-state index < -0.39 is 10.0 Å². The minimum atomic E-state index is -3.72. The number of fused-ring (bicyclic) bond motifs is 1. The van der Waals surface area contributed by atoms with E-state index in [9.17, 15) is 17.6 Å². The molecule has 8 heteroatoms. The van der Waals surface area contributed by atoms with Gasteiger partial charge >= 0.3 is 0 Å². The Labute approximate surface area is 165 Å². The molecule has 3 rings (SSSR count). The molecule has 0 spiro atoms. The van der Waals surface area contributed by atoms with Crippen molar-refractivity contribution in [2.45, 2.75) is 24.3 Å². The first-order valence-electron chi connectivity index (χ1n) is 9.01. The molecule has 0 radical (unpaired) electrons. The van der Waals surface area contributed by atoms with Gasteiger partial charge in [-0.1, -0.05) is 12.1 Å². The largest absolute Gasteiger partial charge is 0.312 e. The molecule has 1 amide bonds. The molecule has 0 saturated heterocycles. The number of sulfonamides is 1. The first-order valence-corrected chi connectivity index (χ1v) is 10.5. The Morgan fingerprint density at radius 2 is 1.89 bits per heavy atom. The second-order valence-corrected chi connectivity index (χ2v) is 8.86. The van der Waals surface area contributed by atoms with Crippen molar-refractivity contribution in [3.8, 4) is 0 Å². The number of carbonyl (C=O) groups excluding carboxylic acids is 1. The minimum Gasteiger partial charge on any atom is -0.312 e. The lowest BCUT2D eigenvalue weighted by Crippen LogP contribution is -2.34. The number of hydrogen-bond donors (Lipinski definition) is 1. The number of halogens is 1. The monoisotopic (exact) mass is 405 g/mol. The highest BCUT2D eigenvalue weighted by atomic mass is 32.2. The maximum Gasteiger partial charge on any atom is 0.240 e. The van der Waals surface area contributed by atoms with Crippen LogP contribution in [-0.4, -0.2) is 46.4 Å². The third-order valence-corrected chi connectivity index (χ3v) is 6.40. The number of hydrogen-bond acceptors (Lipinski definition) is 4. The Bertz CT molecular complexity index is 975. The van der Waals surface area contributed by atoms with Crippen LogP contribution in [0, 0.1) is 5.82 Å². The fourth-order valence-corrected chi connectivity index (χ4v) is 4.52. The van der Waals surface area contributed by atoms with Gasteiger partial charge < -0.3 is 9.80 Å². The highest BCUT2D eigenvalue weighted by Crippen LogP contribution is 2.30. The SMILES string of the molecule is CC(=O)N1CCc2cc(S(=O)(=O)NC[C@H](c3ccc(F)cc3)N(C)C)ccc21. The van der Waals surface area contributed by atoms with E-state index >= 15 is 0 Å². The molecule has 1 N–H and O–H groups in total. The quantitative estimate of drug-likeness (QED) is 0.801. The Balaban J connectivity index is 1.78. The van der Waals surface area contributed by atoms with Crippen LogP contribution in [0.15, 0.2) is 47.4 Å². The smallest absolute Gasteiger partial charge is 0.240 e. The van der Waals surface area contributed by atoms with Crippen molar-refractivity contribution in [3.63, 3.8) is 0 Å². The molecule has 6 nitrogen and oxygen atoms in total. The Hall–Kier alpha value is -2.29. The van der Waals surface area contributed by atoms with Crippen molar-refractivity contribution in [3.05, 3.63) is 59.4 Å². The molecule has 0 bridgehead atoms. The van der Waals surface area contributed by atoms with Gasteiger partial charge in [0.15, 0.2) is 0 Å². The highest BCUT2D eigenvalue weighted by molar-refractivity contribution is 7.89. The van der Waals surface area contributed by atoms with Gasteiger partial charge in [0.2, 0.25) is 15.9 Å². The standard InChI is InChI=1S/C20H24FN3O3S/c1-14(25)24-11-10-16-12-18(8-9-19(16)24)28(26,27)22-13-20(23(2)3)15-4-6-17(21)7-5-15/h4-9,12,20,22H,10-11,13H2,1-3H3/t20-/m1/s1. The number of anilines is 1. The summed E-state index contributed by atoms with van der Waals surface area (Å²) in [6.07, 6.45) is 0.633. The van der Waals surface area contributed by atoms with E-state index in [2.05, 4.69) is 4.72 Å². The summed E-state index contributed by atoms with van der Waals surface area (Å²) in [5, 5.41) is 0. The number of nitrogens with zero attached hydrogens (tertiary/aromatic N) is 2. The summed E-state index contributed by atoms with van der Waals surface area (Å²) in [7, 11) is -0.0359. The molecule has 150 valence electrons. The number of benzene rings is 2. The molecule has 1 atom stereocenters. The summed E-state index contributed by atoms with van der Waals surface area (Å²) in [4.78, 5) is 15.4. The van der Waals surface area contributed by atoms with Crippen molar-refractivity contribution in [1.29, 1.82) is 0 Å². The van der Waals surface area contributed by atoms with Gasteiger partial charge in [-0.3, -0.25) is 4.79 Å². The summed E-state index contributed by atoms with van der Waals surface area (Å²) in [5.74, 6) is -0.389. The molecule has 0 aliphatic carbocycles. The topological polar surface area (TPSA) is 69.7 Å². The zero-order valence-corrected chi connectivity index (χ0v) is 17.0. The van der Waals surface area contributed by atoms with Gasteiger partial charge in [0.1, 0.15) is 5.82 Å². The molecule has 1 aliphatic rings. The molecule has 0 unspecified atom stereocenters. The molecule has 2 aromatic carbocycles. The normalized spacial score (nSPS) is 15.0. The van der Waals surface area contributed by atoms with E-state index in [0.29, 0.717) is 13.0 Å². The van der Waals surface area contributed by atoms with Gasteiger partial charge in [-0.2, -0.15) is 0 Å². The second kappa shape index (κ2) is 7.98. The van der Waals surface area contributed by atoms with Crippen molar-refractivity contribution >= 4 is 21.6 Å². The number of nitrogens with one attached hydrogen (secondary N) is 1. The summed E-state index contributed by atoms with van der Waals surface area (Å²) < 4.78 is 41.4. The van der Waals surface area contributed by atoms with Crippen LogP contribution >= 0.6 is 0 Å². The van der Waals surface area contributed by atoms with Crippen molar-refractivity contribution in [2.24, 2.45) is 0 Å². The fourth-order valence-electron chi connectivity index (χ4n) is 3.43. The first-order chi connectivity index (χ1) is 13.2. The molecule has 2 aromatic rings. The lowest BCUT2D eigenvalue weighted by atomic mass is 10.1. The van der Waals surface area contributed by atoms with Gasteiger partial charge in [0.25, 0.3) is 0 Å². The summed E-state index contributed by atoms with van der Waals surface area (Å²) in [5.41, 5.74) is 2.44. The zero-order chi connectivity index (χ0) is 20.5. The number of carbonyl (C=O) groups is 1. The van der Waals surface area contributed by atoms with E-state index in [0.717, 1.165) is 16.8 Å². The molecule has 0 fully saturated rings. The van der Waals surface area contributed by atoms with Gasteiger partial charge in [0, 0.05) is 31.7 Å². The number of likely N-dealkylation sites (N-methyl/N-ethyl adjacent to an activating group) is 1. The Morgan fingerprint density at radius 3 is 2.50 bits per heavy atom. The van der Waals surface area contributed by atoms with E-state index in [1.807, 2.05) is 19.0 Å². The van der Waals surface area contributed by atoms with E-state index in [1.54, 1.807) is 29.2 Å².